The molecule has 6 rings (SSSR count). The van der Waals surface area contributed by atoms with E-state index in [2.05, 4.69) is 29.0 Å². The maximum Gasteiger partial charge on any atom is 0.154 e. The number of halogens is 1. The zero-order valence-electron chi connectivity index (χ0n) is 20.4. The molecule has 0 aliphatic carbocycles. The molecule has 0 amide bonds. The number of rotatable bonds is 4. The van der Waals surface area contributed by atoms with Gasteiger partial charge in [-0.1, -0.05) is 18.2 Å². The minimum Gasteiger partial charge on any atom is -0.377 e. The summed E-state index contributed by atoms with van der Waals surface area (Å²) < 4.78 is 27.8. The van der Waals surface area contributed by atoms with Gasteiger partial charge in [-0.15, -0.1) is 5.10 Å². The first kappa shape index (κ1) is 23.0. The summed E-state index contributed by atoms with van der Waals surface area (Å²) in [6, 6.07) is 16.4. The number of fused-ring (bicyclic) bond motifs is 1. The maximum absolute atomic E-state index is 14.0. The summed E-state index contributed by atoms with van der Waals surface area (Å²) in [5.41, 5.74) is 3.51. The van der Waals surface area contributed by atoms with Crippen LogP contribution in [0.25, 0.3) is 17.0 Å². The molecule has 1 aromatic carbocycles. The summed E-state index contributed by atoms with van der Waals surface area (Å²) in [6.07, 6.45) is 1.90. The van der Waals surface area contributed by atoms with E-state index in [-0.39, 0.29) is 18.0 Å². The second kappa shape index (κ2) is 9.24. The van der Waals surface area contributed by atoms with Crippen LogP contribution in [-0.4, -0.2) is 58.5 Å². The van der Waals surface area contributed by atoms with Crippen molar-refractivity contribution in [3.8, 4) is 11.4 Å². The van der Waals surface area contributed by atoms with E-state index in [1.807, 2.05) is 40.9 Å². The summed E-state index contributed by atoms with van der Waals surface area (Å²) in [6.45, 7) is 7.35. The van der Waals surface area contributed by atoms with Gasteiger partial charge in [0.05, 0.1) is 42.9 Å². The van der Waals surface area contributed by atoms with Gasteiger partial charge in [-0.05, 0) is 55.8 Å². The number of hydrogen-bond donors (Lipinski definition) is 1. The third-order valence-corrected chi connectivity index (χ3v) is 6.91. The van der Waals surface area contributed by atoms with Crippen molar-refractivity contribution in [3.05, 3.63) is 77.9 Å². The van der Waals surface area contributed by atoms with Gasteiger partial charge in [0.1, 0.15) is 22.9 Å². The summed E-state index contributed by atoms with van der Waals surface area (Å²) in [4.78, 5) is 11.7. The molecule has 5 heterocycles. The first-order valence-electron chi connectivity index (χ1n) is 12.3. The Kier molecular flexibility index (Phi) is 5.91. The van der Waals surface area contributed by atoms with Gasteiger partial charge in [0, 0.05) is 19.6 Å². The Morgan fingerprint density at radius 2 is 2.03 bits per heavy atom. The van der Waals surface area contributed by atoms with Crippen LogP contribution in [0.5, 0.6) is 0 Å². The van der Waals surface area contributed by atoms with Gasteiger partial charge in [-0.25, -0.2) is 18.9 Å². The molecular formula is C27H29FN6O2. The van der Waals surface area contributed by atoms with E-state index in [1.54, 1.807) is 18.3 Å². The fourth-order valence-electron chi connectivity index (χ4n) is 5.12. The molecule has 4 aromatic rings. The first-order valence-corrected chi connectivity index (χ1v) is 12.3. The molecule has 8 nitrogen and oxygen atoms in total. The molecular weight excluding hydrogens is 459 g/mol. The highest BCUT2D eigenvalue weighted by atomic mass is 19.1. The van der Waals surface area contributed by atoms with Gasteiger partial charge in [0.25, 0.3) is 0 Å². The summed E-state index contributed by atoms with van der Waals surface area (Å²) in [5.74, 6) is 0.514. The molecule has 3 unspecified atom stereocenters. The fourth-order valence-corrected chi connectivity index (χ4v) is 5.12. The molecule has 1 N–H and O–H groups in total. The molecule has 9 heteroatoms. The smallest absolute Gasteiger partial charge is 0.154 e. The molecule has 2 saturated heterocycles. The van der Waals surface area contributed by atoms with Crippen LogP contribution in [0.15, 0.2) is 60.8 Å². The lowest BCUT2D eigenvalue weighted by Crippen LogP contribution is -2.49. The number of hydrogen-bond acceptors (Lipinski definition) is 7. The largest absolute Gasteiger partial charge is 0.377 e. The normalized spacial score (nSPS) is 24.8. The van der Waals surface area contributed by atoms with E-state index < -0.39 is 5.60 Å². The lowest BCUT2D eigenvalue weighted by atomic mass is 9.98. The van der Waals surface area contributed by atoms with Crippen molar-refractivity contribution in [1.29, 1.82) is 0 Å². The highest BCUT2D eigenvalue weighted by Crippen LogP contribution is 2.31. The van der Waals surface area contributed by atoms with E-state index in [9.17, 15) is 4.39 Å². The number of anilines is 1. The molecule has 3 atom stereocenters. The van der Waals surface area contributed by atoms with Gasteiger partial charge < -0.3 is 19.7 Å². The molecule has 2 aliphatic heterocycles. The van der Waals surface area contributed by atoms with E-state index in [4.69, 9.17) is 19.6 Å². The van der Waals surface area contributed by atoms with Crippen LogP contribution in [0.1, 0.15) is 31.1 Å². The monoisotopic (exact) mass is 488 g/mol. The van der Waals surface area contributed by atoms with Crippen LogP contribution in [0.2, 0.25) is 0 Å². The van der Waals surface area contributed by atoms with Crippen molar-refractivity contribution in [3.63, 3.8) is 0 Å². The average Bonchev–Trinajstić information content (AvgIpc) is 3.32. The van der Waals surface area contributed by atoms with Crippen LogP contribution < -0.4 is 10.2 Å². The average molecular weight is 489 g/mol. The highest BCUT2D eigenvalue weighted by molar-refractivity contribution is 5.61. The van der Waals surface area contributed by atoms with Gasteiger partial charge in [0.2, 0.25) is 0 Å². The maximum atomic E-state index is 14.0. The SMILES string of the molecule is CC1CNCC(C)(c2cccc(-c3cnc4ccc(N5CCOCC5c5cccc(F)c5)nn34)n2)O1. The van der Waals surface area contributed by atoms with Gasteiger partial charge in [-0.2, -0.15) is 0 Å². The van der Waals surface area contributed by atoms with Crippen LogP contribution in [0.3, 0.4) is 0 Å². The Bertz CT molecular complexity index is 1390. The van der Waals surface area contributed by atoms with Crippen molar-refractivity contribution in [2.75, 3.05) is 37.7 Å². The summed E-state index contributed by atoms with van der Waals surface area (Å²) in [7, 11) is 0. The Morgan fingerprint density at radius 3 is 2.89 bits per heavy atom. The number of pyridine rings is 1. The molecule has 3 aromatic heterocycles. The van der Waals surface area contributed by atoms with Crippen LogP contribution in [0, 0.1) is 5.82 Å². The Labute approximate surface area is 209 Å². The quantitative estimate of drug-likeness (QED) is 0.469. The number of nitrogens with zero attached hydrogens (tertiary/aromatic N) is 5. The number of imidazole rings is 1. The molecule has 0 bridgehead atoms. The molecule has 36 heavy (non-hydrogen) atoms. The Morgan fingerprint density at radius 1 is 1.14 bits per heavy atom. The van der Waals surface area contributed by atoms with E-state index in [0.717, 1.165) is 40.7 Å². The predicted octanol–water partition coefficient (Wildman–Crippen LogP) is 3.73. The molecule has 0 saturated carbocycles. The molecule has 2 aliphatic rings. The number of benzene rings is 1. The second-order valence-electron chi connectivity index (χ2n) is 9.64. The van der Waals surface area contributed by atoms with Crippen LogP contribution in [0.4, 0.5) is 10.2 Å². The van der Waals surface area contributed by atoms with Crippen molar-refractivity contribution >= 4 is 11.5 Å². The molecule has 0 spiro atoms. The van der Waals surface area contributed by atoms with E-state index in [0.29, 0.717) is 26.3 Å². The van der Waals surface area contributed by atoms with E-state index in [1.165, 1.54) is 6.07 Å². The fraction of sp³-hybridized carbons (Fsp3) is 0.370. The number of ether oxygens (including phenoxy) is 2. The Balaban J connectivity index is 1.37. The van der Waals surface area contributed by atoms with Gasteiger partial charge in [-0.3, -0.25) is 0 Å². The van der Waals surface area contributed by atoms with Gasteiger partial charge in [0.15, 0.2) is 5.65 Å². The Hall–Kier alpha value is -3.40. The van der Waals surface area contributed by atoms with Gasteiger partial charge >= 0.3 is 0 Å². The minimum absolute atomic E-state index is 0.105. The first-order chi connectivity index (χ1) is 17.5. The highest BCUT2D eigenvalue weighted by Gasteiger charge is 2.34. The predicted molar refractivity (Wildman–Crippen MR) is 134 cm³/mol. The zero-order valence-corrected chi connectivity index (χ0v) is 20.4. The second-order valence-corrected chi connectivity index (χ2v) is 9.64. The zero-order chi connectivity index (χ0) is 24.7. The number of morpholine rings is 2. The summed E-state index contributed by atoms with van der Waals surface area (Å²) in [5, 5.41) is 8.39. The standard InChI is InChI=1S/C27H29FN6O2/c1-18-14-29-17-27(2,36-18)24-8-4-7-21(31-24)22-15-30-25-9-10-26(32-34(22)25)33-11-12-35-16-23(33)19-5-3-6-20(28)13-19/h3-10,13,15,18,23,29H,11-12,14,16-17H2,1-2H3. The van der Waals surface area contributed by atoms with Crippen molar-refractivity contribution in [1.82, 2.24) is 24.9 Å². The third-order valence-electron chi connectivity index (χ3n) is 6.91. The van der Waals surface area contributed by atoms with E-state index >= 15 is 0 Å². The lowest BCUT2D eigenvalue weighted by Gasteiger charge is -2.37. The van der Waals surface area contributed by atoms with Crippen molar-refractivity contribution in [2.24, 2.45) is 0 Å². The lowest BCUT2D eigenvalue weighted by molar-refractivity contribution is -0.105. The topological polar surface area (TPSA) is 76.8 Å². The number of aromatic nitrogens is 4. The summed E-state index contributed by atoms with van der Waals surface area (Å²) >= 11 is 0. The van der Waals surface area contributed by atoms with Crippen molar-refractivity contribution < 1.29 is 13.9 Å². The third kappa shape index (κ3) is 4.23. The molecule has 186 valence electrons. The van der Waals surface area contributed by atoms with Crippen LogP contribution >= 0.6 is 0 Å². The minimum atomic E-state index is -0.515. The number of nitrogens with one attached hydrogen (secondary N) is 1. The van der Waals surface area contributed by atoms with Crippen molar-refractivity contribution in [2.45, 2.75) is 31.6 Å². The van der Waals surface area contributed by atoms with Crippen LogP contribution in [-0.2, 0) is 15.1 Å². The molecule has 0 radical (unpaired) electrons. The molecule has 2 fully saturated rings.